The molecule has 0 bridgehead atoms. The minimum atomic E-state index is -0.172. The molecule has 1 amide bonds. The summed E-state index contributed by atoms with van der Waals surface area (Å²) in [5.41, 5.74) is 9.89. The molecule has 3 aromatic heterocycles. The summed E-state index contributed by atoms with van der Waals surface area (Å²) in [5.74, 6) is 4.78. The maximum atomic E-state index is 11.8. The van der Waals surface area contributed by atoms with Crippen LogP contribution in [0.3, 0.4) is 0 Å². The van der Waals surface area contributed by atoms with E-state index in [1.54, 1.807) is 64.3 Å². The Bertz CT molecular complexity index is 2660. The first-order valence-electron chi connectivity index (χ1n) is 22.4. The molecule has 0 saturated heterocycles. The fraction of sp³-hybridized carbons (Fsp3) is 0.291. The number of aromatic nitrogens is 4. The van der Waals surface area contributed by atoms with Crippen molar-refractivity contribution in [3.05, 3.63) is 158 Å². The van der Waals surface area contributed by atoms with Crippen molar-refractivity contribution in [3.8, 4) is 61.2 Å². The highest BCUT2D eigenvalue weighted by atomic mass is 32.1. The zero-order valence-corrected chi connectivity index (χ0v) is 44.1. The van der Waals surface area contributed by atoms with Crippen LogP contribution in [0.25, 0.3) is 32.5 Å². The van der Waals surface area contributed by atoms with Crippen LogP contribution in [-0.4, -0.2) is 80.1 Å². The van der Waals surface area contributed by atoms with Gasteiger partial charge in [0.25, 0.3) is 5.91 Å². The number of nitrogens with zero attached hydrogens (tertiary/aromatic N) is 4. The summed E-state index contributed by atoms with van der Waals surface area (Å²) in [7, 11) is 8.27. The van der Waals surface area contributed by atoms with E-state index < -0.39 is 0 Å². The molecule has 0 aliphatic rings. The van der Waals surface area contributed by atoms with Gasteiger partial charge in [-0.05, 0) is 120 Å². The molecule has 0 aliphatic carbocycles. The third kappa shape index (κ3) is 15.7. The van der Waals surface area contributed by atoms with Crippen LogP contribution in [-0.2, 0) is 0 Å². The first-order valence-corrected chi connectivity index (χ1v) is 24.0. The van der Waals surface area contributed by atoms with Gasteiger partial charge in [-0.3, -0.25) is 4.79 Å². The van der Waals surface area contributed by atoms with Crippen LogP contribution in [0.15, 0.2) is 114 Å². The number of aryl methyl sites for hydroxylation is 8. The Kier molecular flexibility index (Phi) is 22.6. The van der Waals surface area contributed by atoms with Crippen LogP contribution in [0.1, 0.15) is 60.2 Å². The Morgan fingerprint density at radius 2 is 1.10 bits per heavy atom. The lowest BCUT2D eigenvalue weighted by Crippen LogP contribution is -2.25. The number of rotatable bonds is 12. The summed E-state index contributed by atoms with van der Waals surface area (Å²) >= 11 is 3.26. The number of ether oxygens (including phenoxy) is 5. The molecule has 0 radical (unpaired) electrons. The molecule has 8 aromatic rings. The molecule has 370 valence electrons. The van der Waals surface area contributed by atoms with Crippen LogP contribution in [0.4, 0.5) is 0 Å². The molecule has 0 unspecified atom stereocenters. The molecular weight excluding hydrogens is 923 g/mol. The van der Waals surface area contributed by atoms with Crippen LogP contribution in [0, 0.1) is 55.4 Å². The largest absolute Gasteiger partial charge is 0.496 e. The first kappa shape index (κ1) is 55.5. The molecule has 13 nitrogen and oxygen atoms in total. The Hall–Kier alpha value is -7.07. The van der Waals surface area contributed by atoms with Crippen molar-refractivity contribution in [1.29, 1.82) is 0 Å². The van der Waals surface area contributed by atoms with Crippen LogP contribution in [0.5, 0.6) is 28.7 Å². The fourth-order valence-corrected chi connectivity index (χ4v) is 8.44. The van der Waals surface area contributed by atoms with Crippen LogP contribution in [0.2, 0.25) is 0 Å². The molecule has 0 aliphatic heterocycles. The van der Waals surface area contributed by atoms with Gasteiger partial charge in [-0.25, -0.2) is 4.98 Å². The van der Waals surface area contributed by atoms with Crippen molar-refractivity contribution in [3.63, 3.8) is 0 Å². The number of thiazole rings is 1. The number of aliphatic hydroxyl groups excluding tert-OH is 1. The highest BCUT2D eigenvalue weighted by molar-refractivity contribution is 7.15. The number of benzene rings is 5. The van der Waals surface area contributed by atoms with Crippen LogP contribution >= 0.6 is 22.7 Å². The van der Waals surface area contributed by atoms with Crippen molar-refractivity contribution in [1.82, 2.24) is 25.7 Å². The summed E-state index contributed by atoms with van der Waals surface area (Å²) in [4.78, 5) is 17.4. The lowest BCUT2D eigenvalue weighted by Gasteiger charge is -2.11. The summed E-state index contributed by atoms with van der Waals surface area (Å²) in [6.45, 7) is 16.4. The quantitative estimate of drug-likeness (QED) is 0.112. The average molecular weight is 988 g/mol. The number of carbonyl (C=O) groups excluding carboxylic acids is 1. The smallest absolute Gasteiger partial charge is 0.255 e. The summed E-state index contributed by atoms with van der Waals surface area (Å²) in [5, 5.41) is 26.2. The van der Waals surface area contributed by atoms with Crippen molar-refractivity contribution in [2.24, 2.45) is 0 Å². The third-order valence-corrected chi connectivity index (χ3v) is 12.2. The maximum absolute atomic E-state index is 11.8. The summed E-state index contributed by atoms with van der Waals surface area (Å²) < 4.78 is 31.6. The number of para-hydroxylation sites is 5. The predicted molar refractivity (Wildman–Crippen MR) is 282 cm³/mol. The van der Waals surface area contributed by atoms with E-state index in [4.69, 9.17) is 33.3 Å². The standard InChI is InChI=1S/C12H17NO3.C12H13NO2.C12H13NOS.C11H12N2OS.C8H10O/c1-9-5-3-6-10(11(9)16-2)12(15)13-7-4-8-14;1-8-5-4-6-10(12(8)14-3)11-7-9(2)13-15-11;1-8-5-4-6-10(11(8)14-3)12-13-7-9(2)15-12;1-7-5-4-6-9(10(7)14-3)11-13-12-8(2)15-11;1-7-5-3-4-6-8(7)9-2/h3,5-6,14H,4,7-8H2,1-2H3,(H,13,15);2*4-7H,1-3H3;4-6H,1-3H3;3-6H,1-2H3. The van der Waals surface area contributed by atoms with Gasteiger partial charge in [0.15, 0.2) is 10.8 Å². The van der Waals surface area contributed by atoms with Gasteiger partial charge < -0.3 is 38.6 Å². The first-order chi connectivity index (χ1) is 33.7. The number of hydrogen-bond donors (Lipinski definition) is 2. The van der Waals surface area contributed by atoms with Crippen molar-refractivity contribution < 1.29 is 38.1 Å². The van der Waals surface area contributed by atoms with Crippen molar-refractivity contribution in [2.45, 2.75) is 61.8 Å². The van der Waals surface area contributed by atoms with E-state index in [0.29, 0.717) is 24.3 Å². The number of amides is 1. The Labute approximate surface area is 420 Å². The number of methoxy groups -OCH3 is 5. The van der Waals surface area contributed by atoms with E-state index in [0.717, 1.165) is 88.4 Å². The molecule has 5 aromatic carbocycles. The molecule has 3 heterocycles. The van der Waals surface area contributed by atoms with Gasteiger partial charge in [-0.2, -0.15) is 0 Å². The van der Waals surface area contributed by atoms with Gasteiger partial charge >= 0.3 is 0 Å². The van der Waals surface area contributed by atoms with E-state index in [9.17, 15) is 4.79 Å². The number of carbonyl (C=O) groups is 1. The molecule has 0 spiro atoms. The molecule has 2 N–H and O–H groups in total. The highest BCUT2D eigenvalue weighted by Crippen LogP contribution is 2.36. The van der Waals surface area contributed by atoms with Gasteiger partial charge in [-0.1, -0.05) is 83.2 Å². The van der Waals surface area contributed by atoms with E-state index >= 15 is 0 Å². The second-order valence-electron chi connectivity index (χ2n) is 15.7. The number of hydrogen-bond acceptors (Lipinski definition) is 14. The Balaban J connectivity index is 0.000000192. The molecule has 0 atom stereocenters. The molecule has 0 fully saturated rings. The highest BCUT2D eigenvalue weighted by Gasteiger charge is 2.15. The third-order valence-electron chi connectivity index (χ3n) is 10.3. The monoisotopic (exact) mass is 987 g/mol. The van der Waals surface area contributed by atoms with E-state index in [-0.39, 0.29) is 12.5 Å². The number of aliphatic hydroxyl groups is 1. The zero-order valence-electron chi connectivity index (χ0n) is 42.4. The fourth-order valence-electron chi connectivity index (χ4n) is 6.94. The topological polar surface area (TPSA) is 160 Å². The maximum Gasteiger partial charge on any atom is 0.255 e. The lowest BCUT2D eigenvalue weighted by atomic mass is 10.1. The molecule has 8 rings (SSSR count). The molecule has 0 saturated carbocycles. The van der Waals surface area contributed by atoms with Gasteiger partial charge in [0.2, 0.25) is 0 Å². The molecule has 70 heavy (non-hydrogen) atoms. The molecule has 15 heteroatoms. The van der Waals surface area contributed by atoms with Crippen LogP contribution < -0.4 is 29.0 Å². The minimum Gasteiger partial charge on any atom is -0.496 e. The lowest BCUT2D eigenvalue weighted by molar-refractivity contribution is 0.0948. The summed E-state index contributed by atoms with van der Waals surface area (Å²) in [6, 6.07) is 33.4. The van der Waals surface area contributed by atoms with Crippen molar-refractivity contribution in [2.75, 3.05) is 48.7 Å². The minimum absolute atomic E-state index is 0.0746. The Morgan fingerprint density at radius 3 is 1.56 bits per heavy atom. The van der Waals surface area contributed by atoms with E-state index in [1.165, 1.54) is 10.4 Å². The SMILES string of the molecule is COc1c(C)cccc1-c1cc(C)no1.COc1c(C)cccc1-c1ncc(C)s1.COc1c(C)cccc1-c1nnc(C)s1.COc1c(C)cccc1C(=O)NCCCO.COc1ccccc1C. The predicted octanol–water partition coefficient (Wildman–Crippen LogP) is 12.4. The Morgan fingerprint density at radius 1 is 0.586 bits per heavy atom. The summed E-state index contributed by atoms with van der Waals surface area (Å²) in [6.07, 6.45) is 2.45. The normalized spacial score (nSPS) is 10.1. The van der Waals surface area contributed by atoms with Crippen molar-refractivity contribution >= 4 is 28.6 Å². The van der Waals surface area contributed by atoms with Gasteiger partial charge in [0, 0.05) is 30.3 Å². The molecular formula is C55H65N5O8S2. The van der Waals surface area contributed by atoms with Gasteiger partial charge in [0.05, 0.1) is 63.5 Å². The van der Waals surface area contributed by atoms with Gasteiger partial charge in [-0.15, -0.1) is 21.5 Å². The second-order valence-corrected chi connectivity index (χ2v) is 18.1. The van der Waals surface area contributed by atoms with Gasteiger partial charge in [0.1, 0.15) is 38.8 Å². The zero-order chi connectivity index (χ0) is 51.2. The van der Waals surface area contributed by atoms with E-state index in [2.05, 4.69) is 32.6 Å². The van der Waals surface area contributed by atoms with E-state index in [1.807, 2.05) is 152 Å². The second kappa shape index (κ2) is 28.4. The number of nitrogens with one attached hydrogen (secondary N) is 1. The average Bonchev–Trinajstić information content (AvgIpc) is 4.13.